The maximum absolute atomic E-state index is 11.9. The van der Waals surface area contributed by atoms with Gasteiger partial charge in [0.2, 0.25) is 0 Å². The summed E-state index contributed by atoms with van der Waals surface area (Å²) in [6.45, 7) is 3.93. The smallest absolute Gasteiger partial charge is 0.167 e. The fourth-order valence-electron chi connectivity index (χ4n) is 1.95. The summed E-state index contributed by atoms with van der Waals surface area (Å²) in [6, 6.07) is 3.83. The molecular weight excluding hydrogens is 220 g/mol. The van der Waals surface area contributed by atoms with Crippen LogP contribution in [0.15, 0.2) is 23.1 Å². The first-order valence-electron chi connectivity index (χ1n) is 5.29. The van der Waals surface area contributed by atoms with Crippen LogP contribution in [0.2, 0.25) is 0 Å². The molecule has 0 spiro atoms. The average molecular weight is 234 g/mol. The van der Waals surface area contributed by atoms with Crippen LogP contribution < -0.4 is 0 Å². The minimum Gasteiger partial charge on any atom is -0.294 e. The molecule has 2 nitrogen and oxygen atoms in total. The van der Waals surface area contributed by atoms with E-state index in [1.807, 2.05) is 31.4 Å². The molecule has 1 heterocycles. The molecule has 0 amide bonds. The third-order valence-corrected chi connectivity index (χ3v) is 3.53. The number of hydrogen-bond donors (Lipinski definition) is 0. The van der Waals surface area contributed by atoms with Gasteiger partial charge in [-0.1, -0.05) is 19.9 Å². The fourth-order valence-corrected chi connectivity index (χ4v) is 2.61. The first kappa shape index (κ1) is 11.3. The molecule has 0 radical (unpaired) electrons. The van der Waals surface area contributed by atoms with Crippen molar-refractivity contribution < 1.29 is 9.59 Å². The maximum Gasteiger partial charge on any atom is 0.167 e. The summed E-state index contributed by atoms with van der Waals surface area (Å²) in [4.78, 5) is 24.7. The molecule has 0 aliphatic heterocycles. The second kappa shape index (κ2) is 3.98. The Balaban J connectivity index is 2.30. The lowest BCUT2D eigenvalue weighted by Crippen LogP contribution is -2.31. The summed E-state index contributed by atoms with van der Waals surface area (Å²) in [6.07, 6.45) is 2.66. The second-order valence-corrected chi connectivity index (χ2v) is 5.92. The number of Topliss-reactive ketones (excluding diaryl/α,β-unsaturated/α-hetero) is 2. The molecule has 84 valence electrons. The molecule has 1 fully saturated rings. The third kappa shape index (κ3) is 2.30. The lowest BCUT2D eigenvalue weighted by molar-refractivity contribution is -0.127. The van der Waals surface area contributed by atoms with Crippen molar-refractivity contribution in [3.63, 3.8) is 0 Å². The van der Waals surface area contributed by atoms with Crippen molar-refractivity contribution in [2.45, 2.75) is 26.7 Å². The summed E-state index contributed by atoms with van der Waals surface area (Å²) in [5.41, 5.74) is 0.197. The minimum atomic E-state index is -0.180. The molecule has 0 aromatic carbocycles. The lowest BCUT2D eigenvalue weighted by Gasteiger charge is -2.28. The number of carbonyl (C=O) groups excluding carboxylic acids is 2. The van der Waals surface area contributed by atoms with Gasteiger partial charge in [0.15, 0.2) is 11.6 Å². The van der Waals surface area contributed by atoms with Crippen molar-refractivity contribution in [3.8, 4) is 0 Å². The number of hydrogen-bond acceptors (Lipinski definition) is 3. The molecule has 2 rings (SSSR count). The standard InChI is InChI=1S/C13H14O2S/c1-13(2)7-11(14)10(12(15)8-13)6-9-4-3-5-16-9/h3-6H,7-8H2,1-2H3. The van der Waals surface area contributed by atoms with Gasteiger partial charge in [-0.2, -0.15) is 0 Å². The molecule has 0 unspecified atom stereocenters. The van der Waals surface area contributed by atoms with E-state index in [2.05, 4.69) is 0 Å². The predicted molar refractivity (Wildman–Crippen MR) is 65.3 cm³/mol. The highest BCUT2D eigenvalue weighted by atomic mass is 32.1. The van der Waals surface area contributed by atoms with Crippen molar-refractivity contribution in [1.82, 2.24) is 0 Å². The van der Waals surface area contributed by atoms with Crippen LogP contribution in [0.3, 0.4) is 0 Å². The summed E-state index contributed by atoms with van der Waals surface area (Å²) in [7, 11) is 0. The average Bonchev–Trinajstić information content (AvgIpc) is 2.62. The zero-order valence-electron chi connectivity index (χ0n) is 9.45. The Morgan fingerprint density at radius 3 is 2.38 bits per heavy atom. The Labute approximate surface area is 99.0 Å². The van der Waals surface area contributed by atoms with E-state index < -0.39 is 0 Å². The van der Waals surface area contributed by atoms with Gasteiger partial charge in [-0.05, 0) is 22.9 Å². The molecule has 1 aromatic rings. The van der Waals surface area contributed by atoms with E-state index in [1.165, 1.54) is 11.3 Å². The zero-order valence-corrected chi connectivity index (χ0v) is 10.3. The van der Waals surface area contributed by atoms with Gasteiger partial charge in [0.05, 0.1) is 5.57 Å². The predicted octanol–water partition coefficient (Wildman–Crippen LogP) is 3.09. The van der Waals surface area contributed by atoms with E-state index in [1.54, 1.807) is 6.08 Å². The molecule has 1 aliphatic carbocycles. The van der Waals surface area contributed by atoms with Crippen LogP contribution in [0, 0.1) is 5.41 Å². The van der Waals surface area contributed by atoms with Crippen LogP contribution in [-0.4, -0.2) is 11.6 Å². The van der Waals surface area contributed by atoms with Gasteiger partial charge in [0.25, 0.3) is 0 Å². The Morgan fingerprint density at radius 2 is 1.88 bits per heavy atom. The molecule has 0 N–H and O–H groups in total. The van der Waals surface area contributed by atoms with Crippen LogP contribution in [0.4, 0.5) is 0 Å². The number of rotatable bonds is 1. The van der Waals surface area contributed by atoms with E-state index >= 15 is 0 Å². The third-order valence-electron chi connectivity index (χ3n) is 2.71. The van der Waals surface area contributed by atoms with E-state index in [0.717, 1.165) is 4.88 Å². The van der Waals surface area contributed by atoms with E-state index in [4.69, 9.17) is 0 Å². The Morgan fingerprint density at radius 1 is 1.25 bits per heavy atom. The maximum atomic E-state index is 11.9. The molecule has 0 saturated heterocycles. The first-order chi connectivity index (χ1) is 7.48. The Hall–Kier alpha value is -1.22. The van der Waals surface area contributed by atoms with Gasteiger partial charge in [-0.15, -0.1) is 11.3 Å². The van der Waals surface area contributed by atoms with Crippen molar-refractivity contribution in [1.29, 1.82) is 0 Å². The molecular formula is C13H14O2S. The van der Waals surface area contributed by atoms with E-state index in [-0.39, 0.29) is 17.0 Å². The van der Waals surface area contributed by atoms with Gasteiger partial charge < -0.3 is 0 Å². The van der Waals surface area contributed by atoms with Gasteiger partial charge in [-0.25, -0.2) is 0 Å². The molecule has 16 heavy (non-hydrogen) atoms. The van der Waals surface area contributed by atoms with Crippen molar-refractivity contribution in [2.75, 3.05) is 0 Å². The molecule has 0 bridgehead atoms. The van der Waals surface area contributed by atoms with Crippen molar-refractivity contribution in [2.24, 2.45) is 5.41 Å². The molecule has 1 saturated carbocycles. The minimum absolute atomic E-state index is 0.0188. The van der Waals surface area contributed by atoms with Gasteiger partial charge >= 0.3 is 0 Å². The highest BCUT2D eigenvalue weighted by Gasteiger charge is 2.35. The van der Waals surface area contributed by atoms with E-state index in [0.29, 0.717) is 18.4 Å². The Bertz CT molecular complexity index is 430. The fraction of sp³-hybridized carbons (Fsp3) is 0.385. The van der Waals surface area contributed by atoms with Gasteiger partial charge in [0.1, 0.15) is 0 Å². The van der Waals surface area contributed by atoms with Crippen LogP contribution in [-0.2, 0) is 9.59 Å². The summed E-state index contributed by atoms with van der Waals surface area (Å²) in [5.74, 6) is -0.0377. The monoisotopic (exact) mass is 234 g/mol. The summed E-state index contributed by atoms with van der Waals surface area (Å²) in [5, 5.41) is 1.94. The Kier molecular flexibility index (Phi) is 2.80. The van der Waals surface area contributed by atoms with Crippen molar-refractivity contribution >= 4 is 29.0 Å². The number of carbonyl (C=O) groups is 2. The quantitative estimate of drug-likeness (QED) is 0.552. The zero-order chi connectivity index (χ0) is 11.8. The number of ketones is 2. The first-order valence-corrected chi connectivity index (χ1v) is 6.17. The summed E-state index contributed by atoms with van der Waals surface area (Å²) >= 11 is 1.54. The van der Waals surface area contributed by atoms with Gasteiger partial charge in [-0.3, -0.25) is 9.59 Å². The van der Waals surface area contributed by atoms with Crippen LogP contribution in [0.25, 0.3) is 6.08 Å². The highest BCUT2D eigenvalue weighted by molar-refractivity contribution is 7.10. The molecule has 3 heteroatoms. The van der Waals surface area contributed by atoms with Crippen LogP contribution >= 0.6 is 11.3 Å². The molecule has 1 aromatic heterocycles. The van der Waals surface area contributed by atoms with E-state index in [9.17, 15) is 9.59 Å². The number of allylic oxidation sites excluding steroid dienone is 1. The SMILES string of the molecule is CC1(C)CC(=O)C(=Cc2cccs2)C(=O)C1. The highest BCUT2D eigenvalue weighted by Crippen LogP contribution is 2.34. The van der Waals surface area contributed by atoms with Crippen molar-refractivity contribution in [3.05, 3.63) is 28.0 Å². The largest absolute Gasteiger partial charge is 0.294 e. The number of thiophene rings is 1. The van der Waals surface area contributed by atoms with Crippen LogP contribution in [0.1, 0.15) is 31.6 Å². The van der Waals surface area contributed by atoms with Crippen LogP contribution in [0.5, 0.6) is 0 Å². The molecule has 0 atom stereocenters. The second-order valence-electron chi connectivity index (χ2n) is 4.94. The normalized spacial score (nSPS) is 20.0. The lowest BCUT2D eigenvalue weighted by atomic mass is 9.74. The summed E-state index contributed by atoms with van der Waals surface area (Å²) < 4.78 is 0. The van der Waals surface area contributed by atoms with Gasteiger partial charge in [0, 0.05) is 17.7 Å². The topological polar surface area (TPSA) is 34.1 Å². The molecule has 1 aliphatic rings.